The van der Waals surface area contributed by atoms with Crippen molar-refractivity contribution in [3.05, 3.63) is 64.7 Å². The van der Waals surface area contributed by atoms with E-state index in [1.54, 1.807) is 12.1 Å². The number of carbonyl (C=O) groups is 1. The number of halogens is 1. The summed E-state index contributed by atoms with van der Waals surface area (Å²) < 4.78 is 0. The van der Waals surface area contributed by atoms with E-state index in [0.29, 0.717) is 18.0 Å². The van der Waals surface area contributed by atoms with Gasteiger partial charge in [0.25, 0.3) is 0 Å². The number of hydrogen-bond acceptors (Lipinski definition) is 3. The monoisotopic (exact) mass is 327 g/mol. The first-order valence-electron chi connectivity index (χ1n) is 7.26. The number of carbonyl (C=O) groups excluding carboxylic acids is 1. The fourth-order valence-electron chi connectivity index (χ4n) is 2.22. The number of rotatable bonds is 6. The van der Waals surface area contributed by atoms with E-state index < -0.39 is 0 Å². The van der Waals surface area contributed by atoms with Gasteiger partial charge in [0.1, 0.15) is 0 Å². The standard InChI is InChI=1S/C18H18ClN3O/c1-22(12-15-4-2-3-5-17(15)19)13-18(23)21-16-8-6-14(7-9-16)10-11-20/h2-9H,10,12-13H2,1H3,(H,21,23). The molecule has 0 aliphatic rings. The average Bonchev–Trinajstić information content (AvgIpc) is 2.51. The zero-order valence-electron chi connectivity index (χ0n) is 12.9. The van der Waals surface area contributed by atoms with Crippen LogP contribution in [0.5, 0.6) is 0 Å². The molecule has 5 heteroatoms. The SMILES string of the molecule is CN(CC(=O)Nc1ccc(CC#N)cc1)Cc1ccccc1Cl. The molecule has 0 saturated carbocycles. The molecule has 0 bridgehead atoms. The lowest BCUT2D eigenvalue weighted by molar-refractivity contribution is -0.117. The van der Waals surface area contributed by atoms with Crippen LogP contribution in [0, 0.1) is 11.3 Å². The highest BCUT2D eigenvalue weighted by Crippen LogP contribution is 2.16. The van der Waals surface area contributed by atoms with Crippen molar-refractivity contribution in [1.82, 2.24) is 4.90 Å². The zero-order valence-corrected chi connectivity index (χ0v) is 13.7. The van der Waals surface area contributed by atoms with Crippen molar-refractivity contribution in [3.63, 3.8) is 0 Å². The zero-order chi connectivity index (χ0) is 16.7. The molecule has 0 spiro atoms. The van der Waals surface area contributed by atoms with Gasteiger partial charge in [0, 0.05) is 17.3 Å². The molecule has 0 saturated heterocycles. The number of nitriles is 1. The van der Waals surface area contributed by atoms with Crippen LogP contribution < -0.4 is 5.32 Å². The Kier molecular flexibility index (Phi) is 6.16. The molecule has 23 heavy (non-hydrogen) atoms. The van der Waals surface area contributed by atoms with Crippen LogP contribution in [0.3, 0.4) is 0 Å². The van der Waals surface area contributed by atoms with Crippen molar-refractivity contribution in [3.8, 4) is 6.07 Å². The van der Waals surface area contributed by atoms with E-state index in [1.807, 2.05) is 48.3 Å². The third-order valence-electron chi connectivity index (χ3n) is 3.33. The number of nitrogens with zero attached hydrogens (tertiary/aromatic N) is 2. The molecule has 0 aliphatic heterocycles. The van der Waals surface area contributed by atoms with Gasteiger partial charge in [-0.25, -0.2) is 0 Å². The molecule has 0 aromatic heterocycles. The summed E-state index contributed by atoms with van der Waals surface area (Å²) in [6.07, 6.45) is 0.370. The Morgan fingerprint density at radius 2 is 1.91 bits per heavy atom. The van der Waals surface area contributed by atoms with Crippen molar-refractivity contribution in [2.45, 2.75) is 13.0 Å². The molecule has 0 unspecified atom stereocenters. The van der Waals surface area contributed by atoms with Crippen LogP contribution in [0.2, 0.25) is 5.02 Å². The summed E-state index contributed by atoms with van der Waals surface area (Å²) in [4.78, 5) is 14.0. The van der Waals surface area contributed by atoms with Crippen LogP contribution in [0.1, 0.15) is 11.1 Å². The third kappa shape index (κ3) is 5.41. The van der Waals surface area contributed by atoms with E-state index in [2.05, 4.69) is 11.4 Å². The van der Waals surface area contributed by atoms with Gasteiger partial charge in [0.15, 0.2) is 0 Å². The van der Waals surface area contributed by atoms with Crippen LogP contribution in [0.15, 0.2) is 48.5 Å². The second kappa shape index (κ2) is 8.33. The van der Waals surface area contributed by atoms with Crippen LogP contribution in [0.4, 0.5) is 5.69 Å². The normalized spacial score (nSPS) is 10.3. The van der Waals surface area contributed by atoms with E-state index in [4.69, 9.17) is 16.9 Å². The molecular formula is C18H18ClN3O. The topological polar surface area (TPSA) is 56.1 Å². The molecule has 0 aliphatic carbocycles. The van der Waals surface area contributed by atoms with Crippen LogP contribution in [0.25, 0.3) is 0 Å². The Morgan fingerprint density at radius 1 is 1.22 bits per heavy atom. The number of anilines is 1. The van der Waals surface area contributed by atoms with E-state index >= 15 is 0 Å². The van der Waals surface area contributed by atoms with Crippen molar-refractivity contribution in [1.29, 1.82) is 5.26 Å². The number of nitrogens with one attached hydrogen (secondary N) is 1. The first kappa shape index (κ1) is 17.0. The van der Waals surface area contributed by atoms with Gasteiger partial charge in [-0.2, -0.15) is 5.26 Å². The minimum absolute atomic E-state index is 0.0902. The Labute approximate surface area is 141 Å². The van der Waals surface area contributed by atoms with Gasteiger partial charge in [-0.05, 0) is 36.4 Å². The molecule has 4 nitrogen and oxygen atoms in total. The first-order valence-corrected chi connectivity index (χ1v) is 7.64. The molecule has 1 N–H and O–H groups in total. The van der Waals surface area contributed by atoms with E-state index in [-0.39, 0.29) is 12.5 Å². The summed E-state index contributed by atoms with van der Waals surface area (Å²) in [6, 6.07) is 17.0. The highest BCUT2D eigenvalue weighted by Gasteiger charge is 2.09. The molecule has 0 atom stereocenters. The predicted octanol–water partition coefficient (Wildman–Crippen LogP) is 3.48. The number of likely N-dealkylation sites (N-methyl/N-ethyl adjacent to an activating group) is 1. The van der Waals surface area contributed by atoms with Gasteiger partial charge in [0.2, 0.25) is 5.91 Å². The first-order chi connectivity index (χ1) is 11.1. The smallest absolute Gasteiger partial charge is 0.238 e. The van der Waals surface area contributed by atoms with E-state index in [1.165, 1.54) is 0 Å². The second-order valence-corrected chi connectivity index (χ2v) is 5.75. The maximum Gasteiger partial charge on any atom is 0.238 e. The van der Waals surface area contributed by atoms with Gasteiger partial charge in [-0.3, -0.25) is 9.69 Å². The molecule has 0 fully saturated rings. The van der Waals surface area contributed by atoms with Crippen molar-refractivity contribution in [2.24, 2.45) is 0 Å². The summed E-state index contributed by atoms with van der Waals surface area (Å²) in [6.45, 7) is 0.874. The lowest BCUT2D eigenvalue weighted by Gasteiger charge is -2.17. The van der Waals surface area contributed by atoms with E-state index in [0.717, 1.165) is 16.8 Å². The second-order valence-electron chi connectivity index (χ2n) is 5.34. The summed E-state index contributed by atoms with van der Waals surface area (Å²) in [5.74, 6) is -0.0902. The van der Waals surface area contributed by atoms with Crippen LogP contribution >= 0.6 is 11.6 Å². The van der Waals surface area contributed by atoms with Crippen LogP contribution in [-0.2, 0) is 17.8 Å². The van der Waals surface area contributed by atoms with Gasteiger partial charge in [-0.15, -0.1) is 0 Å². The van der Waals surface area contributed by atoms with Gasteiger partial charge >= 0.3 is 0 Å². The van der Waals surface area contributed by atoms with Crippen LogP contribution in [-0.4, -0.2) is 24.4 Å². The lowest BCUT2D eigenvalue weighted by atomic mass is 10.1. The summed E-state index contributed by atoms with van der Waals surface area (Å²) >= 11 is 6.13. The minimum atomic E-state index is -0.0902. The fourth-order valence-corrected chi connectivity index (χ4v) is 2.41. The molecule has 2 aromatic carbocycles. The van der Waals surface area contributed by atoms with Crippen molar-refractivity contribution >= 4 is 23.2 Å². The minimum Gasteiger partial charge on any atom is -0.325 e. The average molecular weight is 328 g/mol. The van der Waals surface area contributed by atoms with Crippen molar-refractivity contribution in [2.75, 3.05) is 18.9 Å². The Hall–Kier alpha value is -2.35. The lowest BCUT2D eigenvalue weighted by Crippen LogP contribution is -2.29. The van der Waals surface area contributed by atoms with Gasteiger partial charge in [0.05, 0.1) is 19.0 Å². The number of benzene rings is 2. The highest BCUT2D eigenvalue weighted by molar-refractivity contribution is 6.31. The third-order valence-corrected chi connectivity index (χ3v) is 3.70. The maximum atomic E-state index is 12.1. The highest BCUT2D eigenvalue weighted by atomic mass is 35.5. The van der Waals surface area contributed by atoms with Gasteiger partial charge in [-0.1, -0.05) is 41.9 Å². The van der Waals surface area contributed by atoms with Gasteiger partial charge < -0.3 is 5.32 Å². The number of hydrogen-bond donors (Lipinski definition) is 1. The molecular weight excluding hydrogens is 310 g/mol. The molecule has 1 amide bonds. The fraction of sp³-hybridized carbons (Fsp3) is 0.222. The predicted molar refractivity (Wildman–Crippen MR) is 92.2 cm³/mol. The molecule has 0 heterocycles. The Bertz CT molecular complexity index is 707. The van der Waals surface area contributed by atoms with Crippen molar-refractivity contribution < 1.29 is 4.79 Å². The molecule has 2 rings (SSSR count). The summed E-state index contributed by atoms with van der Waals surface area (Å²) in [5, 5.41) is 12.2. The molecule has 118 valence electrons. The summed E-state index contributed by atoms with van der Waals surface area (Å²) in [5.41, 5.74) is 2.65. The Morgan fingerprint density at radius 3 is 2.57 bits per heavy atom. The Balaban J connectivity index is 1.86. The molecule has 2 aromatic rings. The van der Waals surface area contributed by atoms with E-state index in [9.17, 15) is 4.79 Å². The summed E-state index contributed by atoms with van der Waals surface area (Å²) in [7, 11) is 1.87. The maximum absolute atomic E-state index is 12.1. The number of amides is 1. The quantitative estimate of drug-likeness (QED) is 0.883. The largest absolute Gasteiger partial charge is 0.325 e. The molecule has 0 radical (unpaired) electrons.